The Hall–Kier alpha value is -0.800. The lowest BCUT2D eigenvalue weighted by molar-refractivity contribution is 0.00951. The summed E-state index contributed by atoms with van der Waals surface area (Å²) in [5.41, 5.74) is 1.12. The molecule has 0 saturated heterocycles. The molecule has 0 aliphatic carbocycles. The summed E-state index contributed by atoms with van der Waals surface area (Å²) in [5, 5.41) is 8.75. The van der Waals surface area contributed by atoms with E-state index in [9.17, 15) is 0 Å². The molecule has 0 aromatic carbocycles. The molecule has 1 aromatic heterocycles. The van der Waals surface area contributed by atoms with Crippen molar-refractivity contribution in [1.82, 2.24) is 0 Å². The molecule has 3 nitrogen and oxygen atoms in total. The zero-order chi connectivity index (χ0) is 11.1. The number of aryl methyl sites for hydroxylation is 1. The van der Waals surface area contributed by atoms with Crippen molar-refractivity contribution in [3.63, 3.8) is 0 Å². The lowest BCUT2D eigenvalue weighted by Gasteiger charge is -2.15. The maximum Gasteiger partial charge on any atom is 0.135 e. The lowest BCUT2D eigenvalue weighted by atomic mass is 10.1. The van der Waals surface area contributed by atoms with Crippen molar-refractivity contribution in [1.29, 1.82) is 0 Å². The summed E-state index contributed by atoms with van der Waals surface area (Å²) in [6.07, 6.45) is 4.87. The molecule has 0 aliphatic heterocycles. The maximum atomic E-state index is 8.75. The Bertz CT molecular complexity index is 260. The fraction of sp³-hybridized carbons (Fsp3) is 0.667. The highest BCUT2D eigenvalue weighted by atomic mass is 16.5. The van der Waals surface area contributed by atoms with Crippen LogP contribution in [0.25, 0.3) is 0 Å². The second kappa shape index (κ2) is 6.64. The minimum Gasteiger partial charge on any atom is -0.466 e. The molecule has 86 valence electrons. The molecule has 1 aromatic rings. The van der Waals surface area contributed by atoms with Gasteiger partial charge in [0, 0.05) is 0 Å². The number of unbranched alkanes of at least 4 members (excludes halogenated alkanes) is 1. The van der Waals surface area contributed by atoms with Gasteiger partial charge in [-0.05, 0) is 25.0 Å². The first kappa shape index (κ1) is 12.3. The number of aliphatic hydroxyl groups is 1. The van der Waals surface area contributed by atoms with Gasteiger partial charge >= 0.3 is 0 Å². The van der Waals surface area contributed by atoms with Gasteiger partial charge in [-0.15, -0.1) is 0 Å². The number of hydrogen-bond acceptors (Lipinski definition) is 3. The molecule has 0 bridgehead atoms. The molecule has 1 N–H and O–H groups in total. The Morgan fingerprint density at radius 3 is 2.87 bits per heavy atom. The van der Waals surface area contributed by atoms with Crippen LogP contribution in [-0.2, 0) is 4.74 Å². The lowest BCUT2D eigenvalue weighted by Crippen LogP contribution is -2.08. The molecule has 0 radical (unpaired) electrons. The van der Waals surface area contributed by atoms with Gasteiger partial charge in [0.15, 0.2) is 0 Å². The first-order valence-electron chi connectivity index (χ1n) is 5.56. The van der Waals surface area contributed by atoms with E-state index in [1.807, 2.05) is 13.0 Å². The Morgan fingerprint density at radius 1 is 1.53 bits per heavy atom. The van der Waals surface area contributed by atoms with E-state index >= 15 is 0 Å². The fourth-order valence-corrected chi connectivity index (χ4v) is 1.59. The Labute approximate surface area is 91.1 Å². The third-order valence-corrected chi connectivity index (χ3v) is 2.42. The third-order valence-electron chi connectivity index (χ3n) is 2.42. The third kappa shape index (κ3) is 3.68. The van der Waals surface area contributed by atoms with Crippen LogP contribution in [0.1, 0.15) is 43.6 Å². The molecule has 0 spiro atoms. The minimum atomic E-state index is -0.00731. The molecule has 0 saturated carbocycles. The van der Waals surface area contributed by atoms with Gasteiger partial charge in [0.25, 0.3) is 0 Å². The number of ether oxygens (including phenoxy) is 1. The van der Waals surface area contributed by atoms with Crippen molar-refractivity contribution in [2.45, 2.75) is 39.2 Å². The van der Waals surface area contributed by atoms with Gasteiger partial charge < -0.3 is 14.3 Å². The molecule has 3 heteroatoms. The molecule has 1 rings (SSSR count). The van der Waals surface area contributed by atoms with E-state index in [1.165, 1.54) is 0 Å². The first-order chi connectivity index (χ1) is 7.29. The summed E-state index contributed by atoms with van der Waals surface area (Å²) in [5.74, 6) is 0.900. The largest absolute Gasteiger partial charge is 0.466 e. The van der Waals surface area contributed by atoms with E-state index in [0.29, 0.717) is 6.61 Å². The summed E-state index contributed by atoms with van der Waals surface area (Å²) < 4.78 is 11.0. The predicted molar refractivity (Wildman–Crippen MR) is 58.7 cm³/mol. The summed E-state index contributed by atoms with van der Waals surface area (Å²) in [7, 11) is 0. The molecule has 0 aliphatic rings. The van der Waals surface area contributed by atoms with Crippen LogP contribution in [0.4, 0.5) is 0 Å². The Kier molecular flexibility index (Phi) is 5.43. The van der Waals surface area contributed by atoms with Crippen LogP contribution in [0.3, 0.4) is 0 Å². The van der Waals surface area contributed by atoms with E-state index in [4.69, 9.17) is 14.3 Å². The van der Waals surface area contributed by atoms with E-state index < -0.39 is 0 Å². The van der Waals surface area contributed by atoms with Gasteiger partial charge in [0.1, 0.15) is 11.9 Å². The molecule has 0 amide bonds. The molecule has 1 unspecified atom stereocenters. The van der Waals surface area contributed by atoms with Gasteiger partial charge in [-0.3, -0.25) is 0 Å². The second-order valence-corrected chi connectivity index (χ2v) is 3.69. The molecule has 0 fully saturated rings. The summed E-state index contributed by atoms with van der Waals surface area (Å²) in [6, 6.07) is 1.94. The van der Waals surface area contributed by atoms with Crippen molar-refractivity contribution in [2.24, 2.45) is 0 Å². The Balaban J connectivity index is 2.58. The van der Waals surface area contributed by atoms with Crippen molar-refractivity contribution in [2.75, 3.05) is 13.2 Å². The van der Waals surface area contributed by atoms with Crippen molar-refractivity contribution < 1.29 is 14.3 Å². The van der Waals surface area contributed by atoms with Gasteiger partial charge in [-0.2, -0.15) is 0 Å². The van der Waals surface area contributed by atoms with E-state index in [2.05, 4.69) is 6.92 Å². The normalized spacial score (nSPS) is 13.0. The molecule has 1 heterocycles. The van der Waals surface area contributed by atoms with Crippen LogP contribution in [0, 0.1) is 6.92 Å². The van der Waals surface area contributed by atoms with Crippen molar-refractivity contribution in [3.05, 3.63) is 23.7 Å². The van der Waals surface area contributed by atoms with Crippen LogP contribution in [0.15, 0.2) is 16.7 Å². The highest BCUT2D eigenvalue weighted by molar-refractivity contribution is 5.16. The van der Waals surface area contributed by atoms with Crippen LogP contribution in [-0.4, -0.2) is 18.3 Å². The van der Waals surface area contributed by atoms with Crippen LogP contribution in [0.2, 0.25) is 0 Å². The monoisotopic (exact) mass is 212 g/mol. The molecule has 15 heavy (non-hydrogen) atoms. The van der Waals surface area contributed by atoms with Gasteiger partial charge in [-0.25, -0.2) is 0 Å². The molecular weight excluding hydrogens is 192 g/mol. The predicted octanol–water partition coefficient (Wildman–Crippen LogP) is 2.83. The molecular formula is C12H20O3. The van der Waals surface area contributed by atoms with Crippen molar-refractivity contribution >= 4 is 0 Å². The van der Waals surface area contributed by atoms with Gasteiger partial charge in [0.2, 0.25) is 0 Å². The zero-order valence-corrected chi connectivity index (χ0v) is 9.53. The quantitative estimate of drug-likeness (QED) is 0.755. The smallest absolute Gasteiger partial charge is 0.135 e. The van der Waals surface area contributed by atoms with Crippen LogP contribution < -0.4 is 0 Å². The second-order valence-electron chi connectivity index (χ2n) is 3.69. The van der Waals surface area contributed by atoms with E-state index in [1.54, 1.807) is 6.26 Å². The SMILES string of the molecule is CCCCC(OCCO)c1occc1C. The zero-order valence-electron chi connectivity index (χ0n) is 9.53. The first-order valence-corrected chi connectivity index (χ1v) is 5.56. The highest BCUT2D eigenvalue weighted by Crippen LogP contribution is 2.26. The average molecular weight is 212 g/mol. The van der Waals surface area contributed by atoms with Crippen LogP contribution >= 0.6 is 0 Å². The van der Waals surface area contributed by atoms with Gasteiger partial charge in [-0.1, -0.05) is 19.8 Å². The minimum absolute atomic E-state index is 0.00731. The number of aliphatic hydroxyl groups excluding tert-OH is 1. The Morgan fingerprint density at radius 2 is 2.33 bits per heavy atom. The summed E-state index contributed by atoms with van der Waals surface area (Å²) >= 11 is 0. The standard InChI is InChI=1S/C12H20O3/c1-3-4-5-11(14-9-7-13)12-10(2)6-8-15-12/h6,8,11,13H,3-5,7,9H2,1-2H3. The van der Waals surface area contributed by atoms with E-state index in [0.717, 1.165) is 30.6 Å². The maximum absolute atomic E-state index is 8.75. The fourth-order valence-electron chi connectivity index (χ4n) is 1.59. The average Bonchev–Trinajstić information content (AvgIpc) is 2.65. The number of furan rings is 1. The highest BCUT2D eigenvalue weighted by Gasteiger charge is 2.16. The summed E-state index contributed by atoms with van der Waals surface area (Å²) in [6.45, 7) is 4.59. The van der Waals surface area contributed by atoms with Crippen LogP contribution in [0.5, 0.6) is 0 Å². The summed E-state index contributed by atoms with van der Waals surface area (Å²) in [4.78, 5) is 0. The van der Waals surface area contributed by atoms with Crippen molar-refractivity contribution in [3.8, 4) is 0 Å². The molecule has 1 atom stereocenters. The van der Waals surface area contributed by atoms with E-state index in [-0.39, 0.29) is 12.7 Å². The number of rotatable bonds is 7. The number of hydrogen-bond donors (Lipinski definition) is 1. The van der Waals surface area contributed by atoms with Gasteiger partial charge in [0.05, 0.1) is 19.5 Å². The topological polar surface area (TPSA) is 42.6 Å².